The monoisotopic (exact) mass is 337 g/mol. The number of carbonyl (C=O) groups excluding carboxylic acids is 1. The van der Waals surface area contributed by atoms with Crippen LogP contribution in [-0.4, -0.2) is 32.3 Å². The van der Waals surface area contributed by atoms with Gasteiger partial charge < -0.3 is 4.90 Å². The van der Waals surface area contributed by atoms with Gasteiger partial charge in [0.2, 0.25) is 0 Å². The first-order valence-electron chi connectivity index (χ1n) is 6.24. The maximum atomic E-state index is 13.8. The Bertz CT molecular complexity index is 704. The maximum absolute atomic E-state index is 13.8. The highest BCUT2D eigenvalue weighted by Gasteiger charge is 2.34. The van der Waals surface area contributed by atoms with Crippen molar-refractivity contribution in [2.45, 2.75) is 25.2 Å². The molecule has 1 saturated heterocycles. The van der Waals surface area contributed by atoms with E-state index in [-0.39, 0.29) is 5.41 Å². The SMILES string of the molecule is CC1(C)CCN(C(=O)c2cc(S(=O)(=O)Cl)cc(F)c2F)C1. The van der Waals surface area contributed by atoms with Crippen molar-refractivity contribution in [1.82, 2.24) is 4.90 Å². The number of hydrogen-bond acceptors (Lipinski definition) is 3. The van der Waals surface area contributed by atoms with Gasteiger partial charge in [0.1, 0.15) is 0 Å². The molecule has 1 aromatic rings. The molecule has 0 N–H and O–H groups in total. The largest absolute Gasteiger partial charge is 0.338 e. The lowest BCUT2D eigenvalue weighted by Crippen LogP contribution is -2.31. The Kier molecular flexibility index (Phi) is 4.01. The molecule has 2 rings (SSSR count). The molecule has 1 aliphatic rings. The molecule has 1 amide bonds. The van der Waals surface area contributed by atoms with Crippen LogP contribution in [0.4, 0.5) is 8.78 Å². The van der Waals surface area contributed by atoms with Gasteiger partial charge in [0.05, 0.1) is 10.5 Å². The van der Waals surface area contributed by atoms with E-state index in [1.807, 2.05) is 13.8 Å². The molecule has 116 valence electrons. The van der Waals surface area contributed by atoms with Crippen LogP contribution in [0.15, 0.2) is 17.0 Å². The van der Waals surface area contributed by atoms with Gasteiger partial charge >= 0.3 is 0 Å². The Hall–Kier alpha value is -1.21. The lowest BCUT2D eigenvalue weighted by Gasteiger charge is -2.20. The zero-order valence-corrected chi connectivity index (χ0v) is 13.1. The average molecular weight is 338 g/mol. The lowest BCUT2D eigenvalue weighted by molar-refractivity contribution is 0.0772. The van der Waals surface area contributed by atoms with Gasteiger partial charge in [0.15, 0.2) is 11.6 Å². The van der Waals surface area contributed by atoms with E-state index in [1.165, 1.54) is 4.90 Å². The molecule has 1 fully saturated rings. The van der Waals surface area contributed by atoms with Gasteiger partial charge in [0.25, 0.3) is 15.0 Å². The average Bonchev–Trinajstić information content (AvgIpc) is 2.71. The van der Waals surface area contributed by atoms with E-state index >= 15 is 0 Å². The standard InChI is InChI=1S/C13H14ClF2NO3S/c1-13(2)3-4-17(7-13)12(18)9-5-8(21(14,19)20)6-10(15)11(9)16/h5-6H,3-4,7H2,1-2H3. The second-order valence-corrected chi connectivity index (χ2v) is 8.41. The summed E-state index contributed by atoms with van der Waals surface area (Å²) in [7, 11) is 0.873. The fourth-order valence-electron chi connectivity index (χ4n) is 2.32. The van der Waals surface area contributed by atoms with Gasteiger partial charge in [-0.25, -0.2) is 17.2 Å². The van der Waals surface area contributed by atoms with E-state index in [1.54, 1.807) is 0 Å². The summed E-state index contributed by atoms with van der Waals surface area (Å²) in [6, 6.07) is 1.23. The van der Waals surface area contributed by atoms with Crippen molar-refractivity contribution in [3.63, 3.8) is 0 Å². The molecular weight excluding hydrogens is 324 g/mol. The number of amides is 1. The Balaban J connectivity index is 2.44. The Morgan fingerprint density at radius 2 is 1.95 bits per heavy atom. The molecular formula is C13H14ClF2NO3S. The van der Waals surface area contributed by atoms with E-state index in [0.717, 1.165) is 12.5 Å². The van der Waals surface area contributed by atoms with E-state index in [9.17, 15) is 22.0 Å². The number of rotatable bonds is 2. The molecule has 4 nitrogen and oxygen atoms in total. The van der Waals surface area contributed by atoms with E-state index in [0.29, 0.717) is 19.2 Å². The van der Waals surface area contributed by atoms with Crippen molar-refractivity contribution >= 4 is 25.6 Å². The van der Waals surface area contributed by atoms with Crippen LogP contribution in [-0.2, 0) is 9.05 Å². The predicted octanol–water partition coefficient (Wildman–Crippen LogP) is 2.76. The molecule has 21 heavy (non-hydrogen) atoms. The normalized spacial score (nSPS) is 18.0. The first kappa shape index (κ1) is 16.2. The van der Waals surface area contributed by atoms with Crippen molar-refractivity contribution in [3.05, 3.63) is 29.3 Å². The topological polar surface area (TPSA) is 54.5 Å². The fourth-order valence-corrected chi connectivity index (χ4v) is 3.09. The Morgan fingerprint density at radius 1 is 1.33 bits per heavy atom. The summed E-state index contributed by atoms with van der Waals surface area (Å²) >= 11 is 0. The molecule has 1 aromatic carbocycles. The van der Waals surface area contributed by atoms with Crippen LogP contribution in [0.25, 0.3) is 0 Å². The highest BCUT2D eigenvalue weighted by molar-refractivity contribution is 8.13. The predicted molar refractivity (Wildman–Crippen MR) is 73.7 cm³/mol. The minimum atomic E-state index is -4.25. The summed E-state index contributed by atoms with van der Waals surface area (Å²) in [6.45, 7) is 4.71. The van der Waals surface area contributed by atoms with Crippen molar-refractivity contribution in [2.75, 3.05) is 13.1 Å². The summed E-state index contributed by atoms with van der Waals surface area (Å²) in [5.41, 5.74) is -0.729. The number of hydrogen-bond donors (Lipinski definition) is 0. The first-order valence-corrected chi connectivity index (χ1v) is 8.55. The second-order valence-electron chi connectivity index (χ2n) is 5.85. The van der Waals surface area contributed by atoms with Crippen LogP contribution in [0.5, 0.6) is 0 Å². The molecule has 0 aromatic heterocycles. The maximum Gasteiger partial charge on any atom is 0.261 e. The quantitative estimate of drug-likeness (QED) is 0.780. The number of benzene rings is 1. The van der Waals surface area contributed by atoms with Gasteiger partial charge in [-0.3, -0.25) is 4.79 Å². The van der Waals surface area contributed by atoms with Crippen molar-refractivity contribution in [1.29, 1.82) is 0 Å². The molecule has 0 bridgehead atoms. The Morgan fingerprint density at radius 3 is 2.43 bits per heavy atom. The molecule has 1 heterocycles. The molecule has 0 aliphatic carbocycles. The molecule has 0 saturated carbocycles. The smallest absolute Gasteiger partial charge is 0.261 e. The first-order chi connectivity index (χ1) is 9.51. The highest BCUT2D eigenvalue weighted by atomic mass is 35.7. The van der Waals surface area contributed by atoms with Crippen LogP contribution in [0, 0.1) is 17.0 Å². The minimum Gasteiger partial charge on any atom is -0.338 e. The fraction of sp³-hybridized carbons (Fsp3) is 0.462. The third kappa shape index (κ3) is 3.35. The second kappa shape index (κ2) is 5.21. The summed E-state index contributed by atoms with van der Waals surface area (Å²) in [4.78, 5) is 13.0. The van der Waals surface area contributed by atoms with Crippen molar-refractivity contribution < 1.29 is 22.0 Å². The number of carbonyl (C=O) groups is 1. The zero-order chi connectivity index (χ0) is 16.0. The van der Waals surface area contributed by atoms with E-state index in [2.05, 4.69) is 0 Å². The van der Waals surface area contributed by atoms with Gasteiger partial charge in [-0.05, 0) is 24.0 Å². The summed E-state index contributed by atoms with van der Waals surface area (Å²) in [5.74, 6) is -3.52. The van der Waals surface area contributed by atoms with Gasteiger partial charge in [-0.2, -0.15) is 0 Å². The third-order valence-corrected chi connectivity index (χ3v) is 4.81. The van der Waals surface area contributed by atoms with Gasteiger partial charge in [-0.15, -0.1) is 0 Å². The van der Waals surface area contributed by atoms with Crippen LogP contribution < -0.4 is 0 Å². The number of nitrogens with zero attached hydrogens (tertiary/aromatic N) is 1. The number of halogens is 3. The minimum absolute atomic E-state index is 0.110. The van der Waals surface area contributed by atoms with E-state index < -0.39 is 37.1 Å². The third-order valence-electron chi connectivity index (χ3n) is 3.48. The lowest BCUT2D eigenvalue weighted by atomic mass is 9.93. The molecule has 0 spiro atoms. The molecule has 0 unspecified atom stereocenters. The van der Waals surface area contributed by atoms with Crippen molar-refractivity contribution in [2.24, 2.45) is 5.41 Å². The Labute approximate surface area is 126 Å². The van der Waals surface area contributed by atoms with Crippen molar-refractivity contribution in [3.8, 4) is 0 Å². The van der Waals surface area contributed by atoms with Crippen LogP contribution in [0.2, 0.25) is 0 Å². The summed E-state index contributed by atoms with van der Waals surface area (Å²) in [5, 5.41) is 0. The van der Waals surface area contributed by atoms with Crippen LogP contribution in [0.3, 0.4) is 0 Å². The number of likely N-dealkylation sites (tertiary alicyclic amines) is 1. The molecule has 1 aliphatic heterocycles. The highest BCUT2D eigenvalue weighted by Crippen LogP contribution is 2.31. The molecule has 0 atom stereocenters. The summed E-state index contributed by atoms with van der Waals surface area (Å²) < 4.78 is 49.8. The van der Waals surface area contributed by atoms with Gasteiger partial charge in [0, 0.05) is 23.8 Å². The van der Waals surface area contributed by atoms with E-state index in [4.69, 9.17) is 10.7 Å². The zero-order valence-electron chi connectivity index (χ0n) is 11.5. The van der Waals surface area contributed by atoms with Crippen LogP contribution >= 0.6 is 10.7 Å². The summed E-state index contributed by atoms with van der Waals surface area (Å²) in [6.07, 6.45) is 0.732. The van der Waals surface area contributed by atoms with Crippen LogP contribution in [0.1, 0.15) is 30.6 Å². The molecule has 0 radical (unpaired) electrons. The van der Waals surface area contributed by atoms with Gasteiger partial charge in [-0.1, -0.05) is 13.8 Å². The molecule has 8 heteroatoms.